The quantitative estimate of drug-likeness (QED) is 0.493. The molecular weight excluding hydrogens is 464 g/mol. The molecule has 3 aromatic rings. The first-order valence-electron chi connectivity index (χ1n) is 9.97. The predicted molar refractivity (Wildman–Crippen MR) is 128 cm³/mol. The molecule has 0 aliphatic rings. The summed E-state index contributed by atoms with van der Waals surface area (Å²) in [5, 5.41) is 3.07. The number of hydrogen-bond acceptors (Lipinski definition) is 5. The molecule has 1 N–H and O–H groups in total. The molecule has 1 amide bonds. The molecular formula is C24H23ClN2O5S. The zero-order valence-electron chi connectivity index (χ0n) is 18.3. The number of nitrogens with one attached hydrogen (secondary N) is 1. The molecule has 0 aromatic heterocycles. The molecule has 0 fully saturated rings. The van der Waals surface area contributed by atoms with Crippen LogP contribution in [0.2, 0.25) is 5.02 Å². The topological polar surface area (TPSA) is 92.8 Å². The summed E-state index contributed by atoms with van der Waals surface area (Å²) in [6, 6.07) is 17.4. The van der Waals surface area contributed by atoms with Crippen LogP contribution in [-0.2, 0) is 19.6 Å². The molecule has 0 saturated heterocycles. The highest BCUT2D eigenvalue weighted by Crippen LogP contribution is 2.28. The summed E-state index contributed by atoms with van der Waals surface area (Å²) in [5.74, 6) is -1.12. The van der Waals surface area contributed by atoms with E-state index >= 15 is 0 Å². The minimum atomic E-state index is -4.07. The Hall–Kier alpha value is -3.36. The van der Waals surface area contributed by atoms with Crippen molar-refractivity contribution in [3.63, 3.8) is 0 Å². The van der Waals surface area contributed by atoms with Gasteiger partial charge in [-0.3, -0.25) is 9.10 Å². The van der Waals surface area contributed by atoms with Crippen molar-refractivity contribution in [2.75, 3.05) is 23.3 Å². The van der Waals surface area contributed by atoms with E-state index < -0.39 is 28.4 Å². The van der Waals surface area contributed by atoms with Gasteiger partial charge < -0.3 is 10.1 Å². The summed E-state index contributed by atoms with van der Waals surface area (Å²) >= 11 is 6.24. The molecule has 9 heteroatoms. The van der Waals surface area contributed by atoms with E-state index in [4.69, 9.17) is 16.3 Å². The van der Waals surface area contributed by atoms with Gasteiger partial charge in [-0.05, 0) is 61.4 Å². The molecule has 0 unspecified atom stereocenters. The zero-order valence-corrected chi connectivity index (χ0v) is 19.9. The molecule has 0 aliphatic carbocycles. The largest absolute Gasteiger partial charge is 0.465 e. The number of rotatable bonds is 7. The normalized spacial score (nSPS) is 11.0. The Morgan fingerprint density at radius 2 is 1.70 bits per heavy atom. The van der Waals surface area contributed by atoms with Crippen LogP contribution in [0.5, 0.6) is 0 Å². The van der Waals surface area contributed by atoms with E-state index in [0.29, 0.717) is 21.8 Å². The Bertz CT molecular complexity index is 1290. The Morgan fingerprint density at radius 1 is 1.00 bits per heavy atom. The summed E-state index contributed by atoms with van der Waals surface area (Å²) in [6.07, 6.45) is 0. The van der Waals surface area contributed by atoms with E-state index in [1.807, 2.05) is 0 Å². The van der Waals surface area contributed by atoms with Gasteiger partial charge >= 0.3 is 5.97 Å². The number of methoxy groups -OCH3 is 1. The van der Waals surface area contributed by atoms with Gasteiger partial charge in [-0.25, -0.2) is 13.2 Å². The van der Waals surface area contributed by atoms with Crippen molar-refractivity contribution in [1.82, 2.24) is 0 Å². The third-order valence-corrected chi connectivity index (χ3v) is 7.27. The van der Waals surface area contributed by atoms with E-state index in [-0.39, 0.29) is 10.6 Å². The predicted octanol–water partition coefficient (Wildman–Crippen LogP) is 4.58. The lowest BCUT2D eigenvalue weighted by atomic mass is 10.1. The lowest BCUT2D eigenvalue weighted by Gasteiger charge is -2.25. The molecule has 0 heterocycles. The number of hydrogen-bond donors (Lipinski definition) is 1. The molecule has 0 radical (unpaired) electrons. The maximum atomic E-state index is 13.4. The highest BCUT2D eigenvalue weighted by molar-refractivity contribution is 7.92. The van der Waals surface area contributed by atoms with Gasteiger partial charge in [0.05, 0.1) is 23.3 Å². The SMILES string of the molecule is COC(=O)c1cccc(NC(=O)CN(c2ccc(C)c(Cl)c2)S(=O)(=O)c2ccccc2)c1C. The lowest BCUT2D eigenvalue weighted by Crippen LogP contribution is -2.38. The first-order chi connectivity index (χ1) is 15.6. The van der Waals surface area contributed by atoms with Crippen molar-refractivity contribution in [2.24, 2.45) is 0 Å². The molecule has 0 saturated carbocycles. The second-order valence-electron chi connectivity index (χ2n) is 7.28. The molecule has 0 spiro atoms. The Labute approximate surface area is 198 Å². The van der Waals surface area contributed by atoms with Gasteiger partial charge in [0, 0.05) is 10.7 Å². The van der Waals surface area contributed by atoms with Crippen LogP contribution < -0.4 is 9.62 Å². The first kappa shape index (κ1) is 24.3. The highest BCUT2D eigenvalue weighted by atomic mass is 35.5. The monoisotopic (exact) mass is 486 g/mol. The van der Waals surface area contributed by atoms with Crippen LogP contribution in [-0.4, -0.2) is 33.9 Å². The van der Waals surface area contributed by atoms with Crippen LogP contribution in [0.25, 0.3) is 0 Å². The molecule has 3 rings (SSSR count). The van der Waals surface area contributed by atoms with Gasteiger partial charge in [-0.15, -0.1) is 0 Å². The van der Waals surface area contributed by atoms with Gasteiger partial charge in [-0.1, -0.05) is 41.9 Å². The van der Waals surface area contributed by atoms with Crippen molar-refractivity contribution in [1.29, 1.82) is 0 Å². The summed E-state index contributed by atoms with van der Waals surface area (Å²) in [7, 11) is -2.80. The number of nitrogens with zero attached hydrogens (tertiary/aromatic N) is 1. The number of carbonyl (C=O) groups is 2. The molecule has 33 heavy (non-hydrogen) atoms. The second-order valence-corrected chi connectivity index (χ2v) is 9.55. The van der Waals surface area contributed by atoms with Gasteiger partial charge in [0.1, 0.15) is 6.54 Å². The van der Waals surface area contributed by atoms with E-state index in [2.05, 4.69) is 5.32 Å². The number of halogens is 1. The molecule has 0 atom stereocenters. The van der Waals surface area contributed by atoms with Crippen molar-refractivity contribution in [2.45, 2.75) is 18.7 Å². The molecule has 172 valence electrons. The summed E-state index contributed by atoms with van der Waals surface area (Å²) in [6.45, 7) is 2.96. The van der Waals surface area contributed by atoms with E-state index in [1.54, 1.807) is 62.4 Å². The second kappa shape index (κ2) is 10.1. The Kier molecular flexibility index (Phi) is 7.40. The van der Waals surface area contributed by atoms with Crippen LogP contribution in [0, 0.1) is 13.8 Å². The first-order valence-corrected chi connectivity index (χ1v) is 11.8. The molecule has 0 bridgehead atoms. The van der Waals surface area contributed by atoms with E-state index in [0.717, 1.165) is 9.87 Å². The fraction of sp³-hybridized carbons (Fsp3) is 0.167. The number of carbonyl (C=O) groups excluding carboxylic acids is 2. The van der Waals surface area contributed by atoms with Gasteiger partial charge in [0.15, 0.2) is 0 Å². The third-order valence-electron chi connectivity index (χ3n) is 5.08. The fourth-order valence-electron chi connectivity index (χ4n) is 3.19. The molecule has 3 aromatic carbocycles. The zero-order chi connectivity index (χ0) is 24.2. The van der Waals surface area contributed by atoms with Crippen molar-refractivity contribution in [3.8, 4) is 0 Å². The minimum Gasteiger partial charge on any atom is -0.465 e. The summed E-state index contributed by atoms with van der Waals surface area (Å²) in [5.41, 5.74) is 2.21. The number of esters is 1. The molecule has 7 nitrogen and oxygen atoms in total. The number of aryl methyl sites for hydroxylation is 1. The fourth-order valence-corrected chi connectivity index (χ4v) is 4.80. The van der Waals surface area contributed by atoms with Gasteiger partial charge in [-0.2, -0.15) is 0 Å². The lowest BCUT2D eigenvalue weighted by molar-refractivity contribution is -0.114. The average molecular weight is 487 g/mol. The maximum Gasteiger partial charge on any atom is 0.338 e. The highest BCUT2D eigenvalue weighted by Gasteiger charge is 2.28. The van der Waals surface area contributed by atoms with Crippen LogP contribution in [0.1, 0.15) is 21.5 Å². The number of ether oxygens (including phenoxy) is 1. The average Bonchev–Trinajstić information content (AvgIpc) is 2.80. The van der Waals surface area contributed by atoms with Crippen molar-refractivity contribution < 1.29 is 22.7 Å². The van der Waals surface area contributed by atoms with Crippen LogP contribution in [0.3, 0.4) is 0 Å². The number of benzene rings is 3. The third kappa shape index (κ3) is 5.35. The molecule has 0 aliphatic heterocycles. The van der Waals surface area contributed by atoms with Crippen LogP contribution in [0.15, 0.2) is 71.6 Å². The number of anilines is 2. The Balaban J connectivity index is 1.97. The van der Waals surface area contributed by atoms with Crippen molar-refractivity contribution >= 4 is 44.9 Å². The van der Waals surface area contributed by atoms with Gasteiger partial charge in [0.2, 0.25) is 5.91 Å². The number of amides is 1. The Morgan fingerprint density at radius 3 is 2.33 bits per heavy atom. The smallest absolute Gasteiger partial charge is 0.338 e. The van der Waals surface area contributed by atoms with Gasteiger partial charge in [0.25, 0.3) is 10.0 Å². The van der Waals surface area contributed by atoms with Crippen LogP contribution >= 0.6 is 11.6 Å². The van der Waals surface area contributed by atoms with Crippen molar-refractivity contribution in [3.05, 3.63) is 88.4 Å². The van der Waals surface area contributed by atoms with E-state index in [9.17, 15) is 18.0 Å². The number of sulfonamides is 1. The summed E-state index contributed by atoms with van der Waals surface area (Å²) < 4.78 is 32.6. The standard InChI is InChI=1S/C24H23ClN2O5S/c1-16-12-13-18(14-21(16)25)27(33(30,31)19-8-5-4-6-9-19)15-23(28)26-22-11-7-10-20(17(22)2)24(29)32-3/h4-14H,15H2,1-3H3,(H,26,28). The van der Waals surface area contributed by atoms with Crippen LogP contribution in [0.4, 0.5) is 11.4 Å². The summed E-state index contributed by atoms with van der Waals surface area (Å²) in [4.78, 5) is 25.0. The minimum absolute atomic E-state index is 0.0402. The maximum absolute atomic E-state index is 13.4. The van der Waals surface area contributed by atoms with E-state index in [1.165, 1.54) is 25.3 Å².